The molecule has 8 nitrogen and oxygen atoms in total. The number of terminal acetylenes is 1. The van der Waals surface area contributed by atoms with Gasteiger partial charge in [-0.05, 0) is 56.7 Å². The number of morpholine rings is 1. The number of carbonyl (C=O) groups is 2. The standard InChI is InChI=1S/C30H39N5O3/c1-7-22(4)23(5)24(8-2)21-31-28(30(37)33(6)9-3)32-26-13-11-25(12-14-26)27(29(36)35-15-10-16-35)34-17-19-38-20-18-34/h2,7,9,11-14,27H,3,10,15-21H2,1,4-6H3,(H,31,32)/b22-7-,24-23+. The van der Waals surface area contributed by atoms with E-state index in [1.165, 1.54) is 11.1 Å². The summed E-state index contributed by atoms with van der Waals surface area (Å²) in [7, 11) is 1.62. The van der Waals surface area contributed by atoms with Crippen LogP contribution in [0.5, 0.6) is 0 Å². The Morgan fingerprint density at radius 2 is 1.87 bits per heavy atom. The van der Waals surface area contributed by atoms with E-state index in [1.54, 1.807) is 7.05 Å². The lowest BCUT2D eigenvalue weighted by Crippen LogP contribution is -2.51. The van der Waals surface area contributed by atoms with E-state index in [1.807, 2.05) is 56.0 Å². The monoisotopic (exact) mass is 517 g/mol. The maximum Gasteiger partial charge on any atom is 0.292 e. The van der Waals surface area contributed by atoms with Gasteiger partial charge >= 0.3 is 0 Å². The normalized spacial score (nSPS) is 18.0. The predicted molar refractivity (Wildman–Crippen MR) is 153 cm³/mol. The van der Waals surface area contributed by atoms with Gasteiger partial charge in [0.05, 0.1) is 19.8 Å². The molecule has 1 atom stereocenters. The lowest BCUT2D eigenvalue weighted by molar-refractivity contribution is -0.142. The van der Waals surface area contributed by atoms with Crippen molar-refractivity contribution in [1.82, 2.24) is 14.7 Å². The molecule has 0 saturated carbocycles. The molecule has 2 amide bonds. The number of nitrogens with one attached hydrogen (secondary N) is 1. The molecular weight excluding hydrogens is 478 g/mol. The maximum atomic E-state index is 13.3. The fourth-order valence-electron chi connectivity index (χ4n) is 4.24. The van der Waals surface area contributed by atoms with E-state index < -0.39 is 0 Å². The molecule has 8 heteroatoms. The second-order valence-corrected chi connectivity index (χ2v) is 9.46. The Morgan fingerprint density at radius 1 is 1.21 bits per heavy atom. The second-order valence-electron chi connectivity index (χ2n) is 9.46. The van der Waals surface area contributed by atoms with Crippen LogP contribution in [0.2, 0.25) is 0 Å². The first-order valence-electron chi connectivity index (χ1n) is 13.0. The molecule has 1 aromatic carbocycles. The van der Waals surface area contributed by atoms with Crippen LogP contribution in [0.25, 0.3) is 0 Å². The molecule has 0 radical (unpaired) electrons. The average Bonchev–Trinajstić information content (AvgIpc) is 2.91. The molecule has 1 aromatic rings. The first kappa shape index (κ1) is 28.9. The van der Waals surface area contributed by atoms with Crippen molar-refractivity contribution in [3.05, 3.63) is 65.4 Å². The summed E-state index contributed by atoms with van der Waals surface area (Å²) in [5.41, 5.74) is 4.34. The Morgan fingerprint density at radius 3 is 2.39 bits per heavy atom. The highest BCUT2D eigenvalue weighted by Gasteiger charge is 2.34. The molecule has 3 rings (SSSR count). The SMILES string of the molecule is C#C/C(CN=C(Nc1ccc(C(C(=O)N2CCC2)N2CCOCC2)cc1)C(=O)N(C)C=C)=C(C)\C(C)=C/C. The van der Waals surface area contributed by atoms with Gasteiger partial charge in [-0.25, -0.2) is 0 Å². The van der Waals surface area contributed by atoms with Crippen LogP contribution in [0, 0.1) is 12.3 Å². The highest BCUT2D eigenvalue weighted by atomic mass is 16.5. The quantitative estimate of drug-likeness (QED) is 0.247. The summed E-state index contributed by atoms with van der Waals surface area (Å²) in [5.74, 6) is 2.66. The van der Waals surface area contributed by atoms with Gasteiger partial charge in [-0.2, -0.15) is 0 Å². The zero-order chi connectivity index (χ0) is 27.7. The molecule has 2 saturated heterocycles. The van der Waals surface area contributed by atoms with E-state index >= 15 is 0 Å². The second kappa shape index (κ2) is 13.8. The Bertz CT molecular complexity index is 1150. The number of aliphatic imine (C=N–C) groups is 1. The number of hydrogen-bond acceptors (Lipinski definition) is 5. The summed E-state index contributed by atoms with van der Waals surface area (Å²) in [4.78, 5) is 36.4. The van der Waals surface area contributed by atoms with Crippen molar-refractivity contribution in [3.63, 3.8) is 0 Å². The predicted octanol–water partition coefficient (Wildman–Crippen LogP) is 3.62. The van der Waals surface area contributed by atoms with Gasteiger partial charge in [-0.3, -0.25) is 19.5 Å². The first-order chi connectivity index (χ1) is 18.3. The van der Waals surface area contributed by atoms with E-state index in [0.29, 0.717) is 37.6 Å². The van der Waals surface area contributed by atoms with Gasteiger partial charge in [0.1, 0.15) is 6.04 Å². The summed E-state index contributed by atoms with van der Waals surface area (Å²) in [6.07, 6.45) is 10.2. The molecule has 0 aliphatic carbocycles. The van der Waals surface area contributed by atoms with Crippen LogP contribution in [0.3, 0.4) is 0 Å². The summed E-state index contributed by atoms with van der Waals surface area (Å²) in [6.45, 7) is 14.0. The number of anilines is 1. The molecule has 38 heavy (non-hydrogen) atoms. The van der Waals surface area contributed by atoms with Crippen molar-refractivity contribution in [2.45, 2.75) is 33.2 Å². The summed E-state index contributed by atoms with van der Waals surface area (Å²) < 4.78 is 5.51. The van der Waals surface area contributed by atoms with Crippen LogP contribution >= 0.6 is 0 Å². The van der Waals surface area contributed by atoms with Crippen molar-refractivity contribution in [2.75, 3.05) is 58.3 Å². The van der Waals surface area contributed by atoms with Gasteiger partial charge in [-0.1, -0.05) is 36.3 Å². The number of hydrogen-bond donors (Lipinski definition) is 1. The molecule has 202 valence electrons. The minimum atomic E-state index is -0.351. The third-order valence-corrected chi connectivity index (χ3v) is 7.15. The lowest BCUT2D eigenvalue weighted by atomic mass is 10.0. The number of allylic oxidation sites excluding steroid dienone is 3. The van der Waals surface area contributed by atoms with Crippen molar-refractivity contribution < 1.29 is 14.3 Å². The van der Waals surface area contributed by atoms with Crippen molar-refractivity contribution in [2.24, 2.45) is 4.99 Å². The van der Waals surface area contributed by atoms with Crippen molar-refractivity contribution in [1.29, 1.82) is 0 Å². The van der Waals surface area contributed by atoms with Crippen LogP contribution < -0.4 is 5.32 Å². The molecular formula is C30H39N5O3. The summed E-state index contributed by atoms with van der Waals surface area (Å²) in [6, 6.07) is 7.26. The number of nitrogens with zero attached hydrogens (tertiary/aromatic N) is 4. The highest BCUT2D eigenvalue weighted by Crippen LogP contribution is 2.27. The largest absolute Gasteiger partial charge is 0.379 e. The minimum absolute atomic E-state index is 0.129. The van der Waals surface area contributed by atoms with E-state index in [9.17, 15) is 9.59 Å². The maximum absolute atomic E-state index is 13.3. The third-order valence-electron chi connectivity index (χ3n) is 7.15. The molecule has 2 heterocycles. The number of carbonyl (C=O) groups excluding carboxylic acids is 2. The van der Waals surface area contributed by atoms with Crippen molar-refractivity contribution >= 4 is 23.3 Å². The van der Waals surface area contributed by atoms with Crippen LogP contribution in [-0.2, 0) is 14.3 Å². The summed E-state index contributed by atoms with van der Waals surface area (Å²) >= 11 is 0. The zero-order valence-electron chi connectivity index (χ0n) is 23.0. The van der Waals surface area contributed by atoms with Gasteiger partial charge in [0.25, 0.3) is 5.91 Å². The molecule has 2 aliphatic heterocycles. The van der Waals surface area contributed by atoms with Gasteiger partial charge in [0.2, 0.25) is 5.91 Å². The number of ether oxygens (including phenoxy) is 1. The Balaban J connectivity index is 1.86. The van der Waals surface area contributed by atoms with Crippen molar-refractivity contribution in [3.8, 4) is 12.3 Å². The fourth-order valence-corrected chi connectivity index (χ4v) is 4.24. The Kier molecular flexibility index (Phi) is 10.5. The van der Waals surface area contributed by atoms with Crippen LogP contribution in [0.15, 0.2) is 64.8 Å². The molecule has 1 unspecified atom stereocenters. The number of likely N-dealkylation sites (tertiary alicyclic amines) is 1. The van der Waals surface area contributed by atoms with E-state index in [0.717, 1.165) is 36.2 Å². The average molecular weight is 518 g/mol. The molecule has 2 aliphatic rings. The van der Waals surface area contributed by atoms with Crippen LogP contribution in [0.1, 0.15) is 38.8 Å². The van der Waals surface area contributed by atoms with E-state index in [-0.39, 0.29) is 30.2 Å². The fraction of sp³-hybridized carbons (Fsp3) is 0.433. The Hall–Kier alpha value is -3.67. The summed E-state index contributed by atoms with van der Waals surface area (Å²) in [5, 5.41) is 3.15. The number of amidine groups is 1. The Labute approximate surface area is 226 Å². The topological polar surface area (TPSA) is 77.5 Å². The van der Waals surface area contributed by atoms with Gasteiger partial charge < -0.3 is 19.9 Å². The molecule has 0 aromatic heterocycles. The third kappa shape index (κ3) is 7.00. The molecule has 0 bridgehead atoms. The number of likely N-dealkylation sites (N-methyl/N-ethyl adjacent to an activating group) is 1. The van der Waals surface area contributed by atoms with Crippen LogP contribution in [-0.4, -0.2) is 85.3 Å². The highest BCUT2D eigenvalue weighted by molar-refractivity contribution is 6.42. The van der Waals surface area contributed by atoms with Gasteiger partial charge in [0.15, 0.2) is 5.84 Å². The smallest absolute Gasteiger partial charge is 0.292 e. The molecule has 0 spiro atoms. The number of rotatable bonds is 8. The lowest BCUT2D eigenvalue weighted by Gasteiger charge is -2.40. The van der Waals surface area contributed by atoms with Gasteiger partial charge in [-0.15, -0.1) is 6.42 Å². The number of benzene rings is 1. The van der Waals surface area contributed by atoms with E-state index in [2.05, 4.69) is 27.7 Å². The number of amides is 2. The zero-order valence-corrected chi connectivity index (χ0v) is 23.0. The molecule has 2 fully saturated rings. The van der Waals surface area contributed by atoms with Crippen LogP contribution in [0.4, 0.5) is 5.69 Å². The minimum Gasteiger partial charge on any atom is -0.379 e. The van der Waals surface area contributed by atoms with E-state index in [4.69, 9.17) is 11.2 Å². The first-order valence-corrected chi connectivity index (χ1v) is 13.0. The van der Waals surface area contributed by atoms with Gasteiger partial charge in [0, 0.05) is 44.5 Å². The molecule has 1 N–H and O–H groups in total.